The molecule has 33 heavy (non-hydrogen) atoms. The topological polar surface area (TPSA) is 114 Å². The van der Waals surface area contributed by atoms with Crippen LogP contribution >= 0.6 is 23.2 Å². The average Bonchev–Trinajstić information content (AvgIpc) is 3.05. The number of hydrogen-bond donors (Lipinski definition) is 3. The van der Waals surface area contributed by atoms with Crippen LogP contribution in [-0.4, -0.2) is 31.5 Å². The molecule has 0 aliphatic heterocycles. The molecular weight excluding hydrogens is 469 g/mol. The van der Waals surface area contributed by atoms with Gasteiger partial charge in [0.05, 0.1) is 16.9 Å². The normalized spacial score (nSPS) is 10.7. The molecule has 0 spiro atoms. The summed E-state index contributed by atoms with van der Waals surface area (Å²) in [6.45, 7) is 0. The Morgan fingerprint density at radius 3 is 1.73 bits per heavy atom. The summed E-state index contributed by atoms with van der Waals surface area (Å²) in [6.07, 6.45) is 0. The third-order valence-corrected chi connectivity index (χ3v) is 5.29. The van der Waals surface area contributed by atoms with Gasteiger partial charge in [-0.3, -0.25) is 9.59 Å². The molecule has 3 N–H and O–H groups in total. The summed E-state index contributed by atoms with van der Waals surface area (Å²) in [6, 6.07) is 18.0. The van der Waals surface area contributed by atoms with Crippen LogP contribution in [0, 0.1) is 0 Å². The number of aromatic carboxylic acids is 1. The number of benzene rings is 3. The molecule has 0 aliphatic rings. The fourth-order valence-electron chi connectivity index (χ4n) is 3.22. The predicted molar refractivity (Wildman–Crippen MR) is 124 cm³/mol. The van der Waals surface area contributed by atoms with E-state index in [0.717, 1.165) is 4.68 Å². The number of halogens is 2. The molecule has 10 heteroatoms. The number of anilines is 1. The van der Waals surface area contributed by atoms with Crippen LogP contribution in [0.25, 0.3) is 11.4 Å². The van der Waals surface area contributed by atoms with E-state index in [2.05, 4.69) is 5.32 Å². The van der Waals surface area contributed by atoms with Gasteiger partial charge in [-0.2, -0.15) is 0 Å². The maximum Gasteiger partial charge on any atom is 0.335 e. The molecule has 0 atom stereocenters. The van der Waals surface area contributed by atoms with Gasteiger partial charge in [-0.1, -0.05) is 23.2 Å². The molecule has 166 valence electrons. The van der Waals surface area contributed by atoms with E-state index in [9.17, 15) is 19.5 Å². The van der Waals surface area contributed by atoms with Gasteiger partial charge in [-0.05, 0) is 72.8 Å². The highest BCUT2D eigenvalue weighted by Crippen LogP contribution is 2.25. The number of rotatable bonds is 5. The Balaban J connectivity index is 1.83. The Bertz CT molecular complexity index is 1410. The summed E-state index contributed by atoms with van der Waals surface area (Å²) in [4.78, 5) is 37.3. The first-order valence-electron chi connectivity index (χ1n) is 9.50. The maximum atomic E-state index is 13.3. The first-order valence-corrected chi connectivity index (χ1v) is 10.3. The molecule has 0 bridgehead atoms. The molecule has 4 aromatic rings. The largest absolute Gasteiger partial charge is 0.493 e. The van der Waals surface area contributed by atoms with Crippen LogP contribution in [0.4, 0.5) is 5.69 Å². The molecule has 1 amide bonds. The Hall–Kier alpha value is -4.01. The lowest BCUT2D eigenvalue weighted by Crippen LogP contribution is -2.25. The van der Waals surface area contributed by atoms with Crippen LogP contribution in [0.3, 0.4) is 0 Å². The van der Waals surface area contributed by atoms with Gasteiger partial charge in [0, 0.05) is 15.7 Å². The van der Waals surface area contributed by atoms with E-state index in [4.69, 9.17) is 28.3 Å². The Morgan fingerprint density at radius 2 is 1.24 bits per heavy atom. The van der Waals surface area contributed by atoms with E-state index in [1.807, 2.05) is 0 Å². The number of nitrogens with one attached hydrogen (secondary N) is 1. The standard InChI is InChI=1S/C23H15Cl2N3O5/c24-14-3-9-17(10-4-14)27-21(30)19(22(31)28(27)18-11-5-15(25)6-12-18)20(29)26-16-7-1-13(2-8-16)23(32)33/h1-12,30H,(H,26,29)(H,32,33). The fraction of sp³-hybridized carbons (Fsp3) is 0. The fourth-order valence-corrected chi connectivity index (χ4v) is 3.47. The Labute approximate surface area is 196 Å². The minimum absolute atomic E-state index is 0.0369. The number of carboxylic acid groups (broad SMARTS) is 1. The van der Waals surface area contributed by atoms with Crippen molar-refractivity contribution in [3.8, 4) is 17.3 Å². The Kier molecular flexibility index (Phi) is 5.95. The molecule has 1 aromatic heterocycles. The molecular formula is C23H15Cl2N3O5. The summed E-state index contributed by atoms with van der Waals surface area (Å²) in [5, 5.41) is 23.4. The molecule has 0 saturated heterocycles. The number of carbonyl (C=O) groups excluding carboxylic acids is 1. The Morgan fingerprint density at radius 1 is 0.758 bits per heavy atom. The van der Waals surface area contributed by atoms with Crippen molar-refractivity contribution < 1.29 is 19.8 Å². The van der Waals surface area contributed by atoms with Crippen molar-refractivity contribution in [3.05, 3.63) is 104 Å². The van der Waals surface area contributed by atoms with Crippen molar-refractivity contribution in [1.82, 2.24) is 9.36 Å². The maximum absolute atomic E-state index is 13.3. The van der Waals surface area contributed by atoms with Gasteiger partial charge in [-0.25, -0.2) is 14.2 Å². The molecule has 3 aromatic carbocycles. The molecule has 0 aliphatic carbocycles. The van der Waals surface area contributed by atoms with Crippen LogP contribution in [0.5, 0.6) is 5.88 Å². The average molecular weight is 484 g/mol. The van der Waals surface area contributed by atoms with Crippen LogP contribution < -0.4 is 10.9 Å². The summed E-state index contributed by atoms with van der Waals surface area (Å²) < 4.78 is 2.32. The minimum atomic E-state index is -1.11. The lowest BCUT2D eigenvalue weighted by Gasteiger charge is -2.12. The SMILES string of the molecule is O=C(O)c1ccc(NC(=O)c2c(O)n(-c3ccc(Cl)cc3)n(-c3ccc(Cl)cc3)c2=O)cc1. The highest BCUT2D eigenvalue weighted by molar-refractivity contribution is 6.30. The zero-order valence-electron chi connectivity index (χ0n) is 16.7. The van der Waals surface area contributed by atoms with Crippen molar-refractivity contribution in [3.63, 3.8) is 0 Å². The highest BCUT2D eigenvalue weighted by atomic mass is 35.5. The second-order valence-electron chi connectivity index (χ2n) is 6.92. The smallest absolute Gasteiger partial charge is 0.335 e. The number of amides is 1. The van der Waals surface area contributed by atoms with Crippen molar-refractivity contribution in [2.24, 2.45) is 0 Å². The van der Waals surface area contributed by atoms with Crippen molar-refractivity contribution in [1.29, 1.82) is 0 Å². The summed E-state index contributed by atoms with van der Waals surface area (Å²) in [7, 11) is 0. The van der Waals surface area contributed by atoms with E-state index < -0.39 is 28.9 Å². The zero-order valence-corrected chi connectivity index (χ0v) is 18.2. The van der Waals surface area contributed by atoms with Gasteiger partial charge < -0.3 is 15.5 Å². The summed E-state index contributed by atoms with van der Waals surface area (Å²) >= 11 is 11.9. The third-order valence-electron chi connectivity index (χ3n) is 4.79. The molecule has 0 radical (unpaired) electrons. The van der Waals surface area contributed by atoms with Crippen LogP contribution in [0.2, 0.25) is 10.0 Å². The first-order chi connectivity index (χ1) is 15.8. The van der Waals surface area contributed by atoms with Gasteiger partial charge >= 0.3 is 5.97 Å². The minimum Gasteiger partial charge on any atom is -0.493 e. The van der Waals surface area contributed by atoms with Crippen molar-refractivity contribution in [2.75, 3.05) is 5.32 Å². The number of carbonyl (C=O) groups is 2. The molecule has 0 saturated carbocycles. The number of aromatic nitrogens is 2. The van der Waals surface area contributed by atoms with Gasteiger partial charge in [0.2, 0.25) is 5.88 Å². The number of hydrogen-bond acceptors (Lipinski definition) is 4. The third kappa shape index (κ3) is 4.34. The van der Waals surface area contributed by atoms with E-state index in [0.29, 0.717) is 21.4 Å². The summed E-state index contributed by atoms with van der Waals surface area (Å²) in [5.74, 6) is -2.57. The first kappa shape index (κ1) is 22.2. The van der Waals surface area contributed by atoms with Crippen LogP contribution in [0.15, 0.2) is 77.6 Å². The van der Waals surface area contributed by atoms with E-state index in [1.54, 1.807) is 48.5 Å². The lowest BCUT2D eigenvalue weighted by molar-refractivity contribution is 0.0696. The molecule has 0 unspecified atom stereocenters. The molecule has 1 heterocycles. The van der Waals surface area contributed by atoms with Gasteiger partial charge in [0.25, 0.3) is 11.5 Å². The van der Waals surface area contributed by atoms with E-state index >= 15 is 0 Å². The second-order valence-corrected chi connectivity index (χ2v) is 7.79. The molecule has 0 fully saturated rings. The molecule has 4 rings (SSSR count). The van der Waals surface area contributed by atoms with Gasteiger partial charge in [0.15, 0.2) is 5.56 Å². The number of nitrogens with zero attached hydrogens (tertiary/aromatic N) is 2. The van der Waals surface area contributed by atoms with Gasteiger partial charge in [-0.15, -0.1) is 0 Å². The highest BCUT2D eigenvalue weighted by Gasteiger charge is 2.27. The quantitative estimate of drug-likeness (QED) is 0.384. The lowest BCUT2D eigenvalue weighted by atomic mass is 10.2. The van der Waals surface area contributed by atoms with Crippen LogP contribution in [0.1, 0.15) is 20.7 Å². The van der Waals surface area contributed by atoms with E-state index in [-0.39, 0.29) is 11.3 Å². The zero-order chi connectivity index (χ0) is 23.7. The number of carboxylic acids is 1. The number of aromatic hydroxyl groups is 1. The summed E-state index contributed by atoms with van der Waals surface area (Å²) in [5.41, 5.74) is -0.240. The predicted octanol–water partition coefficient (Wildman–Crippen LogP) is 4.59. The second kappa shape index (κ2) is 8.85. The van der Waals surface area contributed by atoms with Crippen molar-refractivity contribution >= 4 is 40.8 Å². The monoisotopic (exact) mass is 483 g/mol. The van der Waals surface area contributed by atoms with Gasteiger partial charge in [0.1, 0.15) is 0 Å². The molecule has 8 nitrogen and oxygen atoms in total. The van der Waals surface area contributed by atoms with E-state index in [1.165, 1.54) is 28.9 Å². The van der Waals surface area contributed by atoms with Crippen LogP contribution in [-0.2, 0) is 0 Å². The van der Waals surface area contributed by atoms with Crippen molar-refractivity contribution in [2.45, 2.75) is 0 Å².